The van der Waals surface area contributed by atoms with Crippen LogP contribution in [0.15, 0.2) is 53.5 Å². The number of anilines is 1. The van der Waals surface area contributed by atoms with E-state index in [0.29, 0.717) is 5.02 Å². The van der Waals surface area contributed by atoms with Crippen molar-refractivity contribution in [1.29, 1.82) is 0 Å². The van der Waals surface area contributed by atoms with Crippen molar-refractivity contribution in [2.45, 2.75) is 0 Å². The topological polar surface area (TPSA) is 24.8 Å². The Bertz CT molecular complexity index is 619. The zero-order valence-corrected chi connectivity index (χ0v) is 12.5. The van der Waals surface area contributed by atoms with Crippen LogP contribution in [0.5, 0.6) is 0 Å². The summed E-state index contributed by atoms with van der Waals surface area (Å²) in [7, 11) is 0. The van der Waals surface area contributed by atoms with Crippen LogP contribution in [0, 0.1) is 0 Å². The van der Waals surface area contributed by atoms with E-state index < -0.39 is 0 Å². The predicted molar refractivity (Wildman–Crippen MR) is 88.2 cm³/mol. The van der Waals surface area contributed by atoms with E-state index in [4.69, 9.17) is 16.3 Å². The molecule has 108 valence electrons. The van der Waals surface area contributed by atoms with Crippen molar-refractivity contribution in [3.63, 3.8) is 0 Å². The first-order valence-electron chi connectivity index (χ1n) is 7.04. The van der Waals surface area contributed by atoms with Gasteiger partial charge in [0.15, 0.2) is 0 Å². The summed E-state index contributed by atoms with van der Waals surface area (Å²) in [6.07, 6.45) is 1.86. The first kappa shape index (κ1) is 14.1. The van der Waals surface area contributed by atoms with E-state index in [9.17, 15) is 0 Å². The molecule has 3 nitrogen and oxygen atoms in total. The molecule has 0 aromatic heterocycles. The van der Waals surface area contributed by atoms with Crippen LogP contribution in [0.25, 0.3) is 0 Å². The minimum atomic E-state index is 0.701. The first-order valence-corrected chi connectivity index (χ1v) is 7.41. The zero-order chi connectivity index (χ0) is 14.5. The highest BCUT2D eigenvalue weighted by Crippen LogP contribution is 2.19. The van der Waals surface area contributed by atoms with Gasteiger partial charge in [-0.15, -0.1) is 0 Å². The lowest BCUT2D eigenvalue weighted by molar-refractivity contribution is 0.122. The molecule has 0 amide bonds. The van der Waals surface area contributed by atoms with Gasteiger partial charge >= 0.3 is 0 Å². The Hall–Kier alpha value is -1.84. The normalized spacial score (nSPS) is 15.6. The molecule has 2 aromatic rings. The van der Waals surface area contributed by atoms with Crippen molar-refractivity contribution in [2.24, 2.45) is 4.99 Å². The molecule has 1 heterocycles. The molecular weight excluding hydrogens is 284 g/mol. The Balaban J connectivity index is 1.69. The summed E-state index contributed by atoms with van der Waals surface area (Å²) < 4.78 is 5.37. The highest BCUT2D eigenvalue weighted by molar-refractivity contribution is 6.30. The zero-order valence-electron chi connectivity index (χ0n) is 11.7. The molecule has 2 aromatic carbocycles. The average molecular weight is 301 g/mol. The van der Waals surface area contributed by atoms with Gasteiger partial charge in [0.05, 0.1) is 18.9 Å². The third-order valence-electron chi connectivity index (χ3n) is 3.44. The van der Waals surface area contributed by atoms with E-state index in [0.717, 1.165) is 37.6 Å². The van der Waals surface area contributed by atoms with Crippen LogP contribution in [-0.4, -0.2) is 32.5 Å². The maximum absolute atomic E-state index is 5.94. The molecule has 1 aliphatic heterocycles. The van der Waals surface area contributed by atoms with E-state index >= 15 is 0 Å². The van der Waals surface area contributed by atoms with Crippen LogP contribution in [-0.2, 0) is 4.74 Å². The molecule has 1 saturated heterocycles. The largest absolute Gasteiger partial charge is 0.378 e. The van der Waals surface area contributed by atoms with E-state index in [2.05, 4.69) is 34.2 Å². The lowest BCUT2D eigenvalue weighted by Gasteiger charge is -2.28. The van der Waals surface area contributed by atoms with Crippen LogP contribution in [0.1, 0.15) is 5.56 Å². The van der Waals surface area contributed by atoms with E-state index in [-0.39, 0.29) is 0 Å². The third kappa shape index (κ3) is 3.84. The Morgan fingerprint density at radius 1 is 1.05 bits per heavy atom. The summed E-state index contributed by atoms with van der Waals surface area (Å²) in [4.78, 5) is 6.77. The standard InChI is InChI=1S/C17H17ClN2O/c18-15-2-1-3-16(12-15)19-13-14-4-6-17(7-5-14)20-8-10-21-11-9-20/h1-7,12-13H,8-11H2. The maximum atomic E-state index is 5.94. The number of benzene rings is 2. The summed E-state index contributed by atoms with van der Waals surface area (Å²) >= 11 is 5.94. The first-order chi connectivity index (χ1) is 10.3. The van der Waals surface area contributed by atoms with Gasteiger partial charge in [0.2, 0.25) is 0 Å². The molecule has 0 unspecified atom stereocenters. The molecule has 0 bridgehead atoms. The number of ether oxygens (including phenoxy) is 1. The van der Waals surface area contributed by atoms with Crippen LogP contribution >= 0.6 is 11.6 Å². The maximum Gasteiger partial charge on any atom is 0.0644 e. The highest BCUT2D eigenvalue weighted by atomic mass is 35.5. The molecule has 0 N–H and O–H groups in total. The summed E-state index contributed by atoms with van der Waals surface area (Å²) in [5, 5.41) is 0.701. The van der Waals surface area contributed by atoms with Crippen molar-refractivity contribution in [3.05, 3.63) is 59.1 Å². The SMILES string of the molecule is Clc1cccc(N=Cc2ccc(N3CCOCC3)cc2)c1. The fraction of sp³-hybridized carbons (Fsp3) is 0.235. The minimum absolute atomic E-state index is 0.701. The molecule has 0 radical (unpaired) electrons. The number of nitrogens with zero attached hydrogens (tertiary/aromatic N) is 2. The van der Waals surface area contributed by atoms with Crippen LogP contribution in [0.4, 0.5) is 11.4 Å². The molecule has 3 rings (SSSR count). The third-order valence-corrected chi connectivity index (χ3v) is 3.68. The van der Waals surface area contributed by atoms with Crippen molar-refractivity contribution >= 4 is 29.2 Å². The smallest absolute Gasteiger partial charge is 0.0644 e. The predicted octanol–water partition coefficient (Wildman–Crippen LogP) is 3.93. The van der Waals surface area contributed by atoms with Crippen molar-refractivity contribution < 1.29 is 4.74 Å². The lowest BCUT2D eigenvalue weighted by atomic mass is 10.2. The second kappa shape index (κ2) is 6.74. The van der Waals surface area contributed by atoms with Gasteiger partial charge < -0.3 is 9.64 Å². The van der Waals surface area contributed by atoms with Gasteiger partial charge in [-0.1, -0.05) is 29.8 Å². The molecule has 1 fully saturated rings. The molecule has 21 heavy (non-hydrogen) atoms. The van der Waals surface area contributed by atoms with Gasteiger partial charge in [0.1, 0.15) is 0 Å². The number of halogens is 1. The van der Waals surface area contributed by atoms with Crippen LogP contribution < -0.4 is 4.90 Å². The Morgan fingerprint density at radius 2 is 1.81 bits per heavy atom. The van der Waals surface area contributed by atoms with E-state index in [1.165, 1.54) is 5.69 Å². The second-order valence-corrected chi connectivity index (χ2v) is 5.37. The van der Waals surface area contributed by atoms with Gasteiger partial charge in [0, 0.05) is 30.0 Å². The lowest BCUT2D eigenvalue weighted by Crippen LogP contribution is -2.36. The number of hydrogen-bond donors (Lipinski definition) is 0. The summed E-state index contributed by atoms with van der Waals surface area (Å²) in [5.74, 6) is 0. The Morgan fingerprint density at radius 3 is 2.52 bits per heavy atom. The molecule has 0 aliphatic carbocycles. The summed E-state index contributed by atoms with van der Waals surface area (Å²) in [6.45, 7) is 3.52. The van der Waals surface area contributed by atoms with E-state index in [1.807, 2.05) is 30.5 Å². The van der Waals surface area contributed by atoms with Gasteiger partial charge in [-0.05, 0) is 35.9 Å². The van der Waals surface area contributed by atoms with E-state index in [1.54, 1.807) is 0 Å². The minimum Gasteiger partial charge on any atom is -0.378 e. The quantitative estimate of drug-likeness (QED) is 0.802. The fourth-order valence-electron chi connectivity index (χ4n) is 2.30. The number of rotatable bonds is 3. The Labute approximate surface area is 129 Å². The van der Waals surface area contributed by atoms with Crippen molar-refractivity contribution in [3.8, 4) is 0 Å². The second-order valence-electron chi connectivity index (χ2n) is 4.93. The molecular formula is C17H17ClN2O. The average Bonchev–Trinajstić information content (AvgIpc) is 2.54. The number of morpholine rings is 1. The number of aliphatic imine (C=N–C) groups is 1. The van der Waals surface area contributed by atoms with Gasteiger partial charge in [-0.25, -0.2) is 0 Å². The Kier molecular flexibility index (Phi) is 4.53. The molecule has 1 aliphatic rings. The molecule has 0 atom stereocenters. The van der Waals surface area contributed by atoms with Crippen molar-refractivity contribution in [1.82, 2.24) is 0 Å². The highest BCUT2D eigenvalue weighted by Gasteiger charge is 2.10. The number of hydrogen-bond acceptors (Lipinski definition) is 3. The van der Waals surface area contributed by atoms with Gasteiger partial charge in [-0.3, -0.25) is 4.99 Å². The summed E-state index contributed by atoms with van der Waals surface area (Å²) in [6, 6.07) is 16.0. The molecule has 0 saturated carbocycles. The van der Waals surface area contributed by atoms with Gasteiger partial charge in [0.25, 0.3) is 0 Å². The fourth-order valence-corrected chi connectivity index (χ4v) is 2.48. The molecule has 0 spiro atoms. The van der Waals surface area contributed by atoms with Crippen LogP contribution in [0.3, 0.4) is 0 Å². The van der Waals surface area contributed by atoms with Crippen LogP contribution in [0.2, 0.25) is 5.02 Å². The summed E-state index contributed by atoms with van der Waals surface area (Å²) in [5.41, 5.74) is 3.17. The van der Waals surface area contributed by atoms with Gasteiger partial charge in [-0.2, -0.15) is 0 Å². The monoisotopic (exact) mass is 300 g/mol. The molecule has 4 heteroatoms. The van der Waals surface area contributed by atoms with Crippen molar-refractivity contribution in [2.75, 3.05) is 31.2 Å².